The van der Waals surface area contributed by atoms with Gasteiger partial charge in [-0.1, -0.05) is 265 Å². The van der Waals surface area contributed by atoms with Crippen LogP contribution in [-0.2, 0) is 65.4 Å². The summed E-state index contributed by atoms with van der Waals surface area (Å²) in [6, 6.07) is 0. The first-order chi connectivity index (χ1) is 39.2. The minimum atomic E-state index is -4.94. The van der Waals surface area contributed by atoms with Gasteiger partial charge in [-0.15, -0.1) is 0 Å². The normalized spacial score (nSPS) is 14.2. The monoisotopic (exact) mass is 1200 g/mol. The quantitative estimate of drug-likeness (QED) is 0.0222. The molecule has 81 heavy (non-hydrogen) atoms. The van der Waals surface area contributed by atoms with Crippen LogP contribution in [0, 0.1) is 0 Å². The summed E-state index contributed by atoms with van der Waals surface area (Å²) in [5.41, 5.74) is 0. The molecule has 0 saturated carbocycles. The molecule has 19 heteroatoms. The van der Waals surface area contributed by atoms with Crippen molar-refractivity contribution in [2.24, 2.45) is 0 Å². The molecule has 3 N–H and O–H groups in total. The number of phosphoric ester groups is 2. The molecule has 0 amide bonds. The van der Waals surface area contributed by atoms with E-state index in [1.165, 1.54) is 148 Å². The SMILES string of the molecule is CCCCCCCCCCCCCC(=O)OC[C@H](COP(=O)(O)OC[C@@H](O)COP(=O)(O)OC[C@@H](COC(=O)CCCCCCCCCCC)OC(=O)CCCCCCCCCCCC)OC(=O)CCCCCCCCCCCCC. The highest BCUT2D eigenvalue weighted by molar-refractivity contribution is 7.47. The molecule has 480 valence electrons. The maximum atomic E-state index is 12.9. The molecule has 2 unspecified atom stereocenters. The molecular formula is C62H120O17P2. The molecule has 5 atom stereocenters. The zero-order valence-corrected chi connectivity index (χ0v) is 53.5. The average molecular weight is 1200 g/mol. The zero-order chi connectivity index (χ0) is 59.8. The molecule has 0 aliphatic carbocycles. The van der Waals surface area contributed by atoms with Gasteiger partial charge in [-0.2, -0.15) is 0 Å². The summed E-state index contributed by atoms with van der Waals surface area (Å²) in [6.07, 6.45) is 41.5. The molecule has 0 aromatic rings. The molecule has 0 aromatic carbocycles. The highest BCUT2D eigenvalue weighted by Crippen LogP contribution is 2.45. The van der Waals surface area contributed by atoms with Gasteiger partial charge in [-0.25, -0.2) is 9.13 Å². The number of rotatable bonds is 63. The summed E-state index contributed by atoms with van der Waals surface area (Å²) in [6.45, 7) is 4.85. The predicted molar refractivity (Wildman–Crippen MR) is 322 cm³/mol. The van der Waals surface area contributed by atoms with Crippen LogP contribution in [0.1, 0.15) is 317 Å². The summed E-state index contributed by atoms with van der Waals surface area (Å²) in [4.78, 5) is 72.0. The fraction of sp³-hybridized carbons (Fsp3) is 0.935. The Morgan fingerprint density at radius 2 is 0.494 bits per heavy atom. The largest absolute Gasteiger partial charge is 0.472 e. The second kappa shape index (κ2) is 57.2. The highest BCUT2D eigenvalue weighted by atomic mass is 31.2. The minimum Gasteiger partial charge on any atom is -0.462 e. The van der Waals surface area contributed by atoms with Gasteiger partial charge in [0.25, 0.3) is 0 Å². The number of carbonyl (C=O) groups is 4. The first-order valence-corrected chi connectivity index (χ1v) is 35.8. The fourth-order valence-electron chi connectivity index (χ4n) is 9.28. The Morgan fingerprint density at radius 1 is 0.296 bits per heavy atom. The Balaban J connectivity index is 5.23. The third-order valence-corrected chi connectivity index (χ3v) is 16.3. The van der Waals surface area contributed by atoms with Gasteiger partial charge >= 0.3 is 39.5 Å². The van der Waals surface area contributed by atoms with Crippen LogP contribution < -0.4 is 0 Å². The van der Waals surface area contributed by atoms with E-state index in [-0.39, 0.29) is 25.7 Å². The number of carbonyl (C=O) groups excluding carboxylic acids is 4. The molecule has 0 heterocycles. The third-order valence-electron chi connectivity index (χ3n) is 14.4. The predicted octanol–water partition coefficient (Wildman–Crippen LogP) is 17.2. The van der Waals surface area contributed by atoms with Gasteiger partial charge in [-0.3, -0.25) is 37.3 Å². The molecule has 0 rings (SSSR count). The van der Waals surface area contributed by atoms with Crippen LogP contribution in [-0.4, -0.2) is 96.7 Å². The van der Waals surface area contributed by atoms with Crippen molar-refractivity contribution >= 4 is 39.5 Å². The van der Waals surface area contributed by atoms with Crippen molar-refractivity contribution in [1.29, 1.82) is 0 Å². The molecule has 0 fully saturated rings. The molecule has 17 nitrogen and oxygen atoms in total. The number of hydrogen-bond acceptors (Lipinski definition) is 15. The maximum absolute atomic E-state index is 12.9. The summed E-state index contributed by atoms with van der Waals surface area (Å²) < 4.78 is 67.9. The molecule has 0 bridgehead atoms. The Bertz CT molecular complexity index is 1570. The fourth-order valence-corrected chi connectivity index (χ4v) is 10.9. The third kappa shape index (κ3) is 56.9. The van der Waals surface area contributed by atoms with Crippen molar-refractivity contribution in [3.63, 3.8) is 0 Å². The van der Waals surface area contributed by atoms with Gasteiger partial charge in [0.1, 0.15) is 19.3 Å². The molecule has 0 radical (unpaired) electrons. The maximum Gasteiger partial charge on any atom is 0.472 e. The van der Waals surface area contributed by atoms with E-state index in [0.717, 1.165) is 89.9 Å². The van der Waals surface area contributed by atoms with Crippen molar-refractivity contribution in [2.75, 3.05) is 39.6 Å². The lowest BCUT2D eigenvalue weighted by atomic mass is 10.1. The second-order valence-corrected chi connectivity index (χ2v) is 25.4. The Labute approximate surface area is 492 Å². The van der Waals surface area contributed by atoms with Crippen LogP contribution in [0.4, 0.5) is 0 Å². The molecule has 0 aromatic heterocycles. The lowest BCUT2D eigenvalue weighted by molar-refractivity contribution is -0.161. The molecule has 0 spiro atoms. The van der Waals surface area contributed by atoms with Crippen molar-refractivity contribution in [1.82, 2.24) is 0 Å². The molecule has 0 aliphatic rings. The Hall–Kier alpha value is -1.94. The van der Waals surface area contributed by atoms with Crippen LogP contribution in [0.15, 0.2) is 0 Å². The van der Waals surface area contributed by atoms with Gasteiger partial charge in [0.2, 0.25) is 0 Å². The number of ether oxygens (including phenoxy) is 4. The zero-order valence-electron chi connectivity index (χ0n) is 51.7. The Kier molecular flexibility index (Phi) is 55.8. The van der Waals surface area contributed by atoms with Crippen molar-refractivity contribution in [3.05, 3.63) is 0 Å². The van der Waals surface area contributed by atoms with Crippen molar-refractivity contribution in [3.8, 4) is 0 Å². The summed E-state index contributed by atoms with van der Waals surface area (Å²) in [5.74, 6) is -2.13. The number of unbranched alkanes of at least 4 members (excludes halogenated alkanes) is 37. The van der Waals surface area contributed by atoms with Crippen LogP contribution in [0.5, 0.6) is 0 Å². The lowest BCUT2D eigenvalue weighted by Gasteiger charge is -2.21. The Morgan fingerprint density at radius 3 is 0.728 bits per heavy atom. The van der Waals surface area contributed by atoms with Crippen LogP contribution in [0.3, 0.4) is 0 Å². The van der Waals surface area contributed by atoms with Gasteiger partial charge in [0.05, 0.1) is 26.4 Å². The first-order valence-electron chi connectivity index (χ1n) is 32.8. The number of aliphatic hydroxyl groups excluding tert-OH is 1. The van der Waals surface area contributed by atoms with Gasteiger partial charge in [-0.05, 0) is 25.7 Å². The van der Waals surface area contributed by atoms with E-state index in [4.69, 9.17) is 37.0 Å². The van der Waals surface area contributed by atoms with Crippen LogP contribution >= 0.6 is 15.6 Å². The van der Waals surface area contributed by atoms with Crippen LogP contribution in [0.25, 0.3) is 0 Å². The highest BCUT2D eigenvalue weighted by Gasteiger charge is 2.30. The lowest BCUT2D eigenvalue weighted by Crippen LogP contribution is -2.30. The average Bonchev–Trinajstić information content (AvgIpc) is 3.44. The van der Waals surface area contributed by atoms with Crippen molar-refractivity contribution in [2.45, 2.75) is 335 Å². The molecule has 0 saturated heterocycles. The topological polar surface area (TPSA) is 237 Å². The first kappa shape index (κ1) is 79.1. The summed E-state index contributed by atoms with van der Waals surface area (Å²) in [7, 11) is -9.88. The minimum absolute atomic E-state index is 0.107. The number of esters is 4. The van der Waals surface area contributed by atoms with E-state index in [0.29, 0.717) is 25.7 Å². The standard InChI is InChI=1S/C62H120O17P2/c1-5-9-13-17-21-25-28-32-35-39-43-47-60(65)73-53-58(79-62(67)49-45-41-37-33-29-26-22-18-14-10-6-2)55-77-81(70,71)75-51-56(63)50-74-80(68,69)76-54-57(52-72-59(64)46-42-38-34-30-24-20-16-12-8-4)78-61(66)48-44-40-36-31-27-23-19-15-11-7-3/h56-58,63H,5-55H2,1-4H3,(H,68,69)(H,70,71)/t56-,57+,58+/m0/s1. The van der Waals surface area contributed by atoms with E-state index < -0.39 is 97.5 Å². The van der Waals surface area contributed by atoms with Crippen molar-refractivity contribution < 1.29 is 80.2 Å². The second-order valence-electron chi connectivity index (χ2n) is 22.4. The van der Waals surface area contributed by atoms with Crippen LogP contribution in [0.2, 0.25) is 0 Å². The number of aliphatic hydroxyl groups is 1. The summed E-state index contributed by atoms with van der Waals surface area (Å²) in [5, 5.41) is 10.5. The number of hydrogen-bond donors (Lipinski definition) is 3. The van der Waals surface area contributed by atoms with E-state index in [2.05, 4.69) is 27.7 Å². The summed E-state index contributed by atoms with van der Waals surface area (Å²) >= 11 is 0. The smallest absolute Gasteiger partial charge is 0.462 e. The molecule has 0 aliphatic heterocycles. The molecular weight excluding hydrogens is 1080 g/mol. The van der Waals surface area contributed by atoms with Gasteiger partial charge in [0, 0.05) is 25.7 Å². The van der Waals surface area contributed by atoms with E-state index in [1.54, 1.807) is 0 Å². The number of phosphoric acid groups is 2. The van der Waals surface area contributed by atoms with Gasteiger partial charge in [0.15, 0.2) is 12.2 Å². The van der Waals surface area contributed by atoms with E-state index in [9.17, 15) is 43.2 Å². The van der Waals surface area contributed by atoms with Gasteiger partial charge < -0.3 is 33.8 Å². The van der Waals surface area contributed by atoms with E-state index in [1.807, 2.05) is 0 Å². The van der Waals surface area contributed by atoms with E-state index >= 15 is 0 Å².